The molecule has 0 aromatic carbocycles. The van der Waals surface area contributed by atoms with Gasteiger partial charge in [-0.3, -0.25) is 0 Å². The van der Waals surface area contributed by atoms with E-state index in [1.807, 2.05) is 29.8 Å². The number of aromatic nitrogens is 3. The van der Waals surface area contributed by atoms with E-state index in [4.69, 9.17) is 0 Å². The SMILES string of the molecule is CN(C)C(=O)N(C)C1CCCN(c2ncnc3c2ccn3C)C1. The number of fused-ring (bicyclic) bond motifs is 1. The summed E-state index contributed by atoms with van der Waals surface area (Å²) in [6, 6.07) is 2.31. The monoisotopic (exact) mass is 316 g/mol. The van der Waals surface area contributed by atoms with Crippen molar-refractivity contribution in [3.63, 3.8) is 0 Å². The van der Waals surface area contributed by atoms with Gasteiger partial charge in [0, 0.05) is 47.5 Å². The lowest BCUT2D eigenvalue weighted by molar-refractivity contribution is 0.157. The molecule has 124 valence electrons. The largest absolute Gasteiger partial charge is 0.354 e. The third-order valence-corrected chi connectivity index (χ3v) is 4.57. The lowest BCUT2D eigenvalue weighted by atomic mass is 10.0. The highest BCUT2D eigenvalue weighted by molar-refractivity contribution is 5.87. The summed E-state index contributed by atoms with van der Waals surface area (Å²) in [4.78, 5) is 26.8. The Balaban J connectivity index is 1.84. The highest BCUT2D eigenvalue weighted by Gasteiger charge is 2.28. The molecule has 3 rings (SSSR count). The molecule has 23 heavy (non-hydrogen) atoms. The maximum atomic E-state index is 12.2. The number of nitrogens with zero attached hydrogens (tertiary/aromatic N) is 6. The Hall–Kier alpha value is -2.31. The molecule has 0 saturated carbocycles. The van der Waals surface area contributed by atoms with Crippen LogP contribution in [0.1, 0.15) is 12.8 Å². The van der Waals surface area contributed by atoms with Gasteiger partial charge in [0.25, 0.3) is 0 Å². The smallest absolute Gasteiger partial charge is 0.319 e. The molecule has 0 N–H and O–H groups in total. The highest BCUT2D eigenvalue weighted by atomic mass is 16.2. The molecule has 2 aromatic rings. The zero-order valence-corrected chi connectivity index (χ0v) is 14.2. The van der Waals surface area contributed by atoms with E-state index in [2.05, 4.69) is 20.9 Å². The Kier molecular flexibility index (Phi) is 4.11. The van der Waals surface area contributed by atoms with Crippen molar-refractivity contribution in [3.8, 4) is 0 Å². The molecule has 7 heteroatoms. The zero-order valence-electron chi connectivity index (χ0n) is 14.2. The standard InChI is InChI=1S/C16H24N6O/c1-19(2)16(23)21(4)12-6-5-8-22(10-12)15-13-7-9-20(3)14(13)17-11-18-15/h7,9,11-12H,5-6,8,10H2,1-4H3. The minimum atomic E-state index is 0.0457. The molecule has 0 bridgehead atoms. The molecular formula is C16H24N6O. The molecule has 7 nitrogen and oxygen atoms in total. The van der Waals surface area contributed by atoms with Crippen LogP contribution in [-0.4, -0.2) is 70.6 Å². The maximum absolute atomic E-state index is 12.2. The van der Waals surface area contributed by atoms with Crippen molar-refractivity contribution in [2.75, 3.05) is 39.1 Å². The van der Waals surface area contributed by atoms with E-state index >= 15 is 0 Å². The van der Waals surface area contributed by atoms with Crippen LogP contribution in [0.25, 0.3) is 11.0 Å². The van der Waals surface area contributed by atoms with Crippen molar-refractivity contribution in [3.05, 3.63) is 18.6 Å². The number of aryl methyl sites for hydroxylation is 1. The predicted octanol–water partition coefficient (Wildman–Crippen LogP) is 1.55. The number of piperidine rings is 1. The molecule has 1 aliphatic rings. The highest BCUT2D eigenvalue weighted by Crippen LogP contribution is 2.27. The summed E-state index contributed by atoms with van der Waals surface area (Å²) in [6.45, 7) is 1.76. The fraction of sp³-hybridized carbons (Fsp3) is 0.562. The lowest BCUT2D eigenvalue weighted by Crippen LogP contribution is -2.51. The molecule has 1 saturated heterocycles. The molecule has 1 aliphatic heterocycles. The van der Waals surface area contributed by atoms with Gasteiger partial charge in [0.2, 0.25) is 0 Å². The fourth-order valence-electron chi connectivity index (χ4n) is 3.25. The lowest BCUT2D eigenvalue weighted by Gasteiger charge is -2.39. The van der Waals surface area contributed by atoms with E-state index in [1.165, 1.54) is 0 Å². The molecule has 1 atom stereocenters. The molecule has 3 heterocycles. The summed E-state index contributed by atoms with van der Waals surface area (Å²) in [7, 11) is 7.45. The summed E-state index contributed by atoms with van der Waals surface area (Å²) >= 11 is 0. The van der Waals surface area contributed by atoms with Crippen LogP contribution in [0.5, 0.6) is 0 Å². The van der Waals surface area contributed by atoms with E-state index in [1.54, 1.807) is 25.3 Å². The Morgan fingerprint density at radius 3 is 2.83 bits per heavy atom. The molecule has 0 radical (unpaired) electrons. The van der Waals surface area contributed by atoms with Gasteiger partial charge < -0.3 is 19.3 Å². The summed E-state index contributed by atoms with van der Waals surface area (Å²) in [5.74, 6) is 0.964. The van der Waals surface area contributed by atoms with Crippen LogP contribution in [-0.2, 0) is 7.05 Å². The summed E-state index contributed by atoms with van der Waals surface area (Å²) in [5.41, 5.74) is 0.940. The normalized spacial score (nSPS) is 18.3. The van der Waals surface area contributed by atoms with Crippen LogP contribution in [0.15, 0.2) is 18.6 Å². The quantitative estimate of drug-likeness (QED) is 0.843. The van der Waals surface area contributed by atoms with Crippen LogP contribution in [0.2, 0.25) is 0 Å². The Bertz CT molecular complexity index is 710. The Morgan fingerprint density at radius 2 is 2.09 bits per heavy atom. The summed E-state index contributed by atoms with van der Waals surface area (Å²) in [5, 5.41) is 1.07. The third-order valence-electron chi connectivity index (χ3n) is 4.57. The third kappa shape index (κ3) is 2.83. The average molecular weight is 316 g/mol. The van der Waals surface area contributed by atoms with Gasteiger partial charge >= 0.3 is 6.03 Å². The number of likely N-dealkylation sites (N-methyl/N-ethyl adjacent to an activating group) is 1. The number of rotatable bonds is 2. The van der Waals surface area contributed by atoms with Gasteiger partial charge in [-0.2, -0.15) is 0 Å². The first-order valence-electron chi connectivity index (χ1n) is 7.94. The number of carbonyl (C=O) groups excluding carboxylic acids is 1. The van der Waals surface area contributed by atoms with Crippen molar-refractivity contribution < 1.29 is 4.79 Å². The van der Waals surface area contributed by atoms with Crippen molar-refractivity contribution in [2.24, 2.45) is 7.05 Å². The van der Waals surface area contributed by atoms with Crippen LogP contribution in [0.3, 0.4) is 0 Å². The number of amides is 2. The maximum Gasteiger partial charge on any atom is 0.319 e. The first-order valence-corrected chi connectivity index (χ1v) is 7.94. The van der Waals surface area contributed by atoms with Crippen molar-refractivity contribution in [1.82, 2.24) is 24.3 Å². The summed E-state index contributed by atoms with van der Waals surface area (Å²) < 4.78 is 2.00. The van der Waals surface area contributed by atoms with Gasteiger partial charge in [-0.05, 0) is 18.9 Å². The second-order valence-corrected chi connectivity index (χ2v) is 6.39. The van der Waals surface area contributed by atoms with Gasteiger partial charge in [0.05, 0.1) is 11.4 Å². The van der Waals surface area contributed by atoms with Gasteiger partial charge in [0.15, 0.2) is 0 Å². The minimum absolute atomic E-state index is 0.0457. The Labute approximate surface area is 136 Å². The molecule has 1 fully saturated rings. The molecule has 0 spiro atoms. The minimum Gasteiger partial charge on any atom is -0.354 e. The van der Waals surface area contributed by atoms with Gasteiger partial charge in [-0.1, -0.05) is 0 Å². The van der Waals surface area contributed by atoms with Crippen LogP contribution in [0, 0.1) is 0 Å². The second kappa shape index (κ2) is 6.06. The molecule has 1 unspecified atom stereocenters. The number of carbonyl (C=O) groups is 1. The van der Waals surface area contributed by atoms with E-state index in [0.717, 1.165) is 42.8 Å². The number of anilines is 1. The molecular weight excluding hydrogens is 292 g/mol. The Morgan fingerprint density at radius 1 is 1.30 bits per heavy atom. The molecule has 2 aromatic heterocycles. The zero-order chi connectivity index (χ0) is 16.6. The first-order chi connectivity index (χ1) is 11.0. The van der Waals surface area contributed by atoms with Crippen molar-refractivity contribution in [2.45, 2.75) is 18.9 Å². The number of hydrogen-bond donors (Lipinski definition) is 0. The number of hydrogen-bond acceptors (Lipinski definition) is 4. The van der Waals surface area contributed by atoms with Crippen molar-refractivity contribution >= 4 is 22.9 Å². The van der Waals surface area contributed by atoms with Crippen LogP contribution >= 0.6 is 0 Å². The van der Waals surface area contributed by atoms with Gasteiger partial charge in [-0.25, -0.2) is 14.8 Å². The average Bonchev–Trinajstić information content (AvgIpc) is 2.95. The second-order valence-electron chi connectivity index (χ2n) is 6.39. The molecule has 2 amide bonds. The van der Waals surface area contributed by atoms with Gasteiger partial charge in [-0.15, -0.1) is 0 Å². The molecule has 0 aliphatic carbocycles. The summed E-state index contributed by atoms with van der Waals surface area (Å²) in [6.07, 6.45) is 5.70. The van der Waals surface area contributed by atoms with E-state index in [9.17, 15) is 4.79 Å². The number of urea groups is 1. The van der Waals surface area contributed by atoms with E-state index in [-0.39, 0.29) is 12.1 Å². The van der Waals surface area contributed by atoms with Crippen LogP contribution < -0.4 is 4.90 Å². The predicted molar refractivity (Wildman–Crippen MR) is 90.6 cm³/mol. The van der Waals surface area contributed by atoms with E-state index in [0.29, 0.717) is 0 Å². The first kappa shape index (κ1) is 15.6. The van der Waals surface area contributed by atoms with Gasteiger partial charge in [0.1, 0.15) is 17.8 Å². The van der Waals surface area contributed by atoms with Crippen molar-refractivity contribution in [1.29, 1.82) is 0 Å². The van der Waals surface area contributed by atoms with E-state index < -0.39 is 0 Å². The topological polar surface area (TPSA) is 57.5 Å². The van der Waals surface area contributed by atoms with Crippen LogP contribution in [0.4, 0.5) is 10.6 Å². The fourth-order valence-corrected chi connectivity index (χ4v) is 3.25.